The normalized spacial score (nSPS) is 16.8. The fourth-order valence-corrected chi connectivity index (χ4v) is 4.73. The summed E-state index contributed by atoms with van der Waals surface area (Å²) < 4.78 is 12.9. The first-order valence-electron chi connectivity index (χ1n) is 10.5. The maximum Gasteiger partial charge on any atom is 0.162 e. The molecule has 1 heterocycles. The van der Waals surface area contributed by atoms with Gasteiger partial charge in [0.1, 0.15) is 6.61 Å². The molecule has 3 rings (SSSR count). The van der Waals surface area contributed by atoms with Crippen molar-refractivity contribution in [1.29, 1.82) is 0 Å². The number of hydrogen-bond donors (Lipinski definition) is 1. The largest absolute Gasteiger partial charge is 0.490 e. The van der Waals surface area contributed by atoms with Crippen LogP contribution in [0.3, 0.4) is 0 Å². The zero-order valence-electron chi connectivity index (χ0n) is 17.5. The molecule has 2 aromatic rings. The molecule has 1 saturated heterocycles. The van der Waals surface area contributed by atoms with Crippen molar-refractivity contribution in [2.75, 3.05) is 26.2 Å². The molecule has 0 bridgehead atoms. The van der Waals surface area contributed by atoms with E-state index in [2.05, 4.69) is 33.1 Å². The van der Waals surface area contributed by atoms with Crippen LogP contribution in [-0.4, -0.2) is 37.2 Å². The van der Waals surface area contributed by atoms with E-state index in [0.717, 1.165) is 41.0 Å². The van der Waals surface area contributed by atoms with E-state index in [-0.39, 0.29) is 0 Å². The van der Waals surface area contributed by atoms with Crippen LogP contribution in [-0.2, 0) is 13.2 Å². The van der Waals surface area contributed by atoms with Crippen molar-refractivity contribution in [3.8, 4) is 11.5 Å². The van der Waals surface area contributed by atoms with Crippen molar-refractivity contribution in [3.05, 3.63) is 56.0 Å². The maximum absolute atomic E-state index is 6.27. The Bertz CT molecular complexity index is 850. The minimum absolute atomic E-state index is 0.342. The smallest absolute Gasteiger partial charge is 0.162 e. The zero-order chi connectivity index (χ0) is 21.5. The molecule has 0 radical (unpaired) electrons. The molecule has 30 heavy (non-hydrogen) atoms. The van der Waals surface area contributed by atoms with Crippen molar-refractivity contribution >= 4 is 39.1 Å². The monoisotopic (exact) mass is 514 g/mol. The van der Waals surface area contributed by atoms with Crippen molar-refractivity contribution in [3.63, 3.8) is 0 Å². The van der Waals surface area contributed by atoms with Crippen molar-refractivity contribution < 1.29 is 9.47 Å². The summed E-state index contributed by atoms with van der Waals surface area (Å²) in [6, 6.07) is 10.1. The van der Waals surface area contributed by atoms with Crippen molar-refractivity contribution in [2.45, 2.75) is 45.9 Å². The number of halogens is 3. The third-order valence-electron chi connectivity index (χ3n) is 5.41. The number of benzene rings is 2. The average Bonchev–Trinajstić information content (AvgIpc) is 3.17. The zero-order valence-corrected chi connectivity index (χ0v) is 20.6. The summed E-state index contributed by atoms with van der Waals surface area (Å²) in [5, 5.41) is 4.81. The van der Waals surface area contributed by atoms with Crippen LogP contribution >= 0.6 is 39.1 Å². The van der Waals surface area contributed by atoms with Crippen LogP contribution in [0.15, 0.2) is 34.8 Å². The lowest BCUT2D eigenvalue weighted by molar-refractivity contribution is 0.259. The second kappa shape index (κ2) is 11.6. The fraction of sp³-hybridized carbons (Fsp3) is 0.478. The molecule has 1 atom stereocenters. The third-order valence-corrected chi connectivity index (χ3v) is 6.74. The highest BCUT2D eigenvalue weighted by Gasteiger charge is 2.22. The van der Waals surface area contributed by atoms with E-state index >= 15 is 0 Å². The van der Waals surface area contributed by atoms with Crippen LogP contribution in [0, 0.1) is 0 Å². The molecule has 1 aliphatic rings. The van der Waals surface area contributed by atoms with Gasteiger partial charge in [-0.2, -0.15) is 0 Å². The van der Waals surface area contributed by atoms with Gasteiger partial charge < -0.3 is 14.8 Å². The molecule has 0 spiro atoms. The molecule has 1 fully saturated rings. The summed E-state index contributed by atoms with van der Waals surface area (Å²) in [4.78, 5) is 2.55. The Morgan fingerprint density at radius 1 is 1.10 bits per heavy atom. The van der Waals surface area contributed by atoms with E-state index in [1.54, 1.807) is 6.07 Å². The number of hydrogen-bond acceptors (Lipinski definition) is 4. The maximum atomic E-state index is 6.27. The highest BCUT2D eigenvalue weighted by atomic mass is 79.9. The highest BCUT2D eigenvalue weighted by Crippen LogP contribution is 2.35. The van der Waals surface area contributed by atoms with Gasteiger partial charge in [0.15, 0.2) is 11.5 Å². The third kappa shape index (κ3) is 6.27. The van der Waals surface area contributed by atoms with E-state index in [4.69, 9.17) is 32.7 Å². The molecule has 4 nitrogen and oxygen atoms in total. The second-order valence-electron chi connectivity index (χ2n) is 7.40. The predicted octanol–water partition coefficient (Wildman–Crippen LogP) is 6.31. The molecule has 0 saturated carbocycles. The van der Waals surface area contributed by atoms with E-state index in [1.807, 2.05) is 31.2 Å². The van der Waals surface area contributed by atoms with Crippen LogP contribution in [0.4, 0.5) is 0 Å². The van der Waals surface area contributed by atoms with E-state index < -0.39 is 0 Å². The molecule has 1 N–H and O–H groups in total. The Morgan fingerprint density at radius 2 is 1.90 bits per heavy atom. The molecule has 7 heteroatoms. The minimum Gasteiger partial charge on any atom is -0.490 e. The summed E-state index contributed by atoms with van der Waals surface area (Å²) >= 11 is 15.9. The molecule has 0 aromatic heterocycles. The van der Waals surface area contributed by atoms with E-state index in [9.17, 15) is 0 Å². The van der Waals surface area contributed by atoms with Gasteiger partial charge in [-0.3, -0.25) is 4.90 Å². The number of nitrogens with one attached hydrogen (secondary N) is 1. The molecule has 0 amide bonds. The summed E-state index contributed by atoms with van der Waals surface area (Å²) in [6.07, 6.45) is 2.56. The Morgan fingerprint density at radius 3 is 2.63 bits per heavy atom. The van der Waals surface area contributed by atoms with Gasteiger partial charge in [-0.15, -0.1) is 0 Å². The van der Waals surface area contributed by atoms with Crippen LogP contribution in [0.1, 0.15) is 37.8 Å². The first-order valence-corrected chi connectivity index (χ1v) is 12.0. The van der Waals surface area contributed by atoms with E-state index in [0.29, 0.717) is 35.1 Å². The molecule has 1 unspecified atom stereocenters. The van der Waals surface area contributed by atoms with Gasteiger partial charge in [-0.05, 0) is 62.7 Å². The van der Waals surface area contributed by atoms with Crippen LogP contribution < -0.4 is 14.8 Å². The molecular formula is C23H29BrCl2N2O2. The predicted molar refractivity (Wildman–Crippen MR) is 128 cm³/mol. The lowest BCUT2D eigenvalue weighted by atomic mass is 10.1. The minimum atomic E-state index is 0.342. The Labute approximate surface area is 198 Å². The fourth-order valence-electron chi connectivity index (χ4n) is 3.80. The SMILES string of the molecule is CCOc1cc(CNCC2CCCN2CC)c(Br)cc1OCc1ccc(Cl)cc1Cl. The average molecular weight is 516 g/mol. The van der Waals surface area contributed by atoms with Crippen molar-refractivity contribution in [2.24, 2.45) is 0 Å². The number of rotatable bonds is 10. The second-order valence-corrected chi connectivity index (χ2v) is 9.10. The van der Waals surface area contributed by atoms with Crippen LogP contribution in [0.25, 0.3) is 0 Å². The van der Waals surface area contributed by atoms with Gasteiger partial charge in [0, 0.05) is 39.2 Å². The molecule has 1 aliphatic heterocycles. The van der Waals surface area contributed by atoms with Gasteiger partial charge in [0.25, 0.3) is 0 Å². The van der Waals surface area contributed by atoms with Crippen molar-refractivity contribution in [1.82, 2.24) is 10.2 Å². The summed E-state index contributed by atoms with van der Waals surface area (Å²) in [5.74, 6) is 1.42. The van der Waals surface area contributed by atoms with Gasteiger partial charge in [-0.25, -0.2) is 0 Å². The number of likely N-dealkylation sites (N-methyl/N-ethyl adjacent to an activating group) is 1. The molecule has 2 aromatic carbocycles. The number of nitrogens with zero attached hydrogens (tertiary/aromatic N) is 1. The first kappa shape index (κ1) is 23.7. The number of ether oxygens (including phenoxy) is 2. The molecule has 0 aliphatic carbocycles. The summed E-state index contributed by atoms with van der Waals surface area (Å²) in [7, 11) is 0. The summed E-state index contributed by atoms with van der Waals surface area (Å²) in [6.45, 7) is 9.22. The van der Waals surface area contributed by atoms with Crippen LogP contribution in [0.5, 0.6) is 11.5 Å². The van der Waals surface area contributed by atoms with Gasteiger partial charge in [-0.1, -0.05) is 52.1 Å². The Balaban J connectivity index is 1.65. The highest BCUT2D eigenvalue weighted by molar-refractivity contribution is 9.10. The molecule has 164 valence electrons. The summed E-state index contributed by atoms with van der Waals surface area (Å²) in [5.41, 5.74) is 2.03. The van der Waals surface area contributed by atoms with E-state index in [1.165, 1.54) is 19.4 Å². The van der Waals surface area contributed by atoms with Gasteiger partial charge in [0.05, 0.1) is 6.61 Å². The van der Waals surface area contributed by atoms with Gasteiger partial charge in [0.2, 0.25) is 0 Å². The lowest BCUT2D eigenvalue weighted by Crippen LogP contribution is -2.37. The topological polar surface area (TPSA) is 33.7 Å². The molecular weight excluding hydrogens is 487 g/mol. The number of likely N-dealkylation sites (tertiary alicyclic amines) is 1. The first-order chi connectivity index (χ1) is 14.5. The Hall–Kier alpha value is -0.980. The lowest BCUT2D eigenvalue weighted by Gasteiger charge is -2.23. The van der Waals surface area contributed by atoms with Crippen LogP contribution in [0.2, 0.25) is 10.0 Å². The quantitative estimate of drug-likeness (QED) is 0.402. The standard InChI is InChI=1S/C23H29BrCl2N2O2/c1-3-28-9-5-6-19(28)14-27-13-17-10-22(29-4-2)23(12-20(17)24)30-15-16-7-8-18(25)11-21(16)26/h7-8,10-12,19,27H,3-6,9,13-15H2,1-2H3. The Kier molecular flexibility index (Phi) is 9.14. The van der Waals surface area contributed by atoms with Gasteiger partial charge >= 0.3 is 0 Å².